The Balaban J connectivity index is 1.78. The van der Waals surface area contributed by atoms with Gasteiger partial charge < -0.3 is 14.6 Å². The van der Waals surface area contributed by atoms with E-state index in [0.29, 0.717) is 19.0 Å². The summed E-state index contributed by atoms with van der Waals surface area (Å²) in [7, 11) is 0. The number of furan rings is 1. The zero-order valence-electron chi connectivity index (χ0n) is 15.7. The summed E-state index contributed by atoms with van der Waals surface area (Å²) in [5.74, 6) is -0.629. The molecule has 1 aliphatic rings. The maximum Gasteiger partial charge on any atom is 0.289 e. The zero-order chi connectivity index (χ0) is 19.4. The average Bonchev–Trinajstić information content (AvgIpc) is 3.31. The van der Waals surface area contributed by atoms with Gasteiger partial charge in [-0.05, 0) is 42.2 Å². The van der Waals surface area contributed by atoms with Gasteiger partial charge in [-0.2, -0.15) is 0 Å². The molecule has 1 aromatic carbocycles. The van der Waals surface area contributed by atoms with Crippen LogP contribution in [0.4, 0.5) is 4.39 Å². The molecule has 1 fully saturated rings. The van der Waals surface area contributed by atoms with E-state index in [-0.39, 0.29) is 35.9 Å². The van der Waals surface area contributed by atoms with Crippen LogP contribution in [0.1, 0.15) is 42.3 Å². The third-order valence-corrected chi connectivity index (χ3v) is 4.97. The highest BCUT2D eigenvalue weighted by atomic mass is 19.1. The monoisotopic (exact) mass is 372 g/mol. The number of likely N-dealkylation sites (tertiary alicyclic amines) is 1. The third-order valence-electron chi connectivity index (χ3n) is 4.97. The third kappa shape index (κ3) is 4.56. The van der Waals surface area contributed by atoms with Gasteiger partial charge in [0.1, 0.15) is 5.82 Å². The van der Waals surface area contributed by atoms with Crippen molar-refractivity contribution in [3.05, 3.63) is 59.8 Å². The molecular formula is C21H25FN2O3. The maximum absolute atomic E-state index is 13.7. The lowest BCUT2D eigenvalue weighted by atomic mass is 9.88. The van der Waals surface area contributed by atoms with Gasteiger partial charge in [-0.3, -0.25) is 9.59 Å². The first kappa shape index (κ1) is 19.1. The summed E-state index contributed by atoms with van der Waals surface area (Å²) in [6, 6.07) is 9.53. The van der Waals surface area contributed by atoms with Gasteiger partial charge in [0.05, 0.1) is 12.2 Å². The fraction of sp³-hybridized carbons (Fsp3) is 0.429. The molecule has 5 nitrogen and oxygen atoms in total. The first-order valence-corrected chi connectivity index (χ1v) is 9.31. The average molecular weight is 372 g/mol. The summed E-state index contributed by atoms with van der Waals surface area (Å²) in [4.78, 5) is 27.0. The SMILES string of the molecule is CC(C)CCNC(=O)C1CN(C(=O)c2ccco2)CC1c1cccc(F)c1. The minimum atomic E-state index is -0.419. The topological polar surface area (TPSA) is 62.6 Å². The van der Waals surface area contributed by atoms with Crippen LogP contribution >= 0.6 is 0 Å². The Hall–Kier alpha value is -2.63. The molecule has 1 aliphatic heterocycles. The molecule has 0 bridgehead atoms. The molecule has 1 saturated heterocycles. The van der Waals surface area contributed by atoms with Crippen LogP contribution in [0.3, 0.4) is 0 Å². The summed E-state index contributed by atoms with van der Waals surface area (Å²) < 4.78 is 18.9. The fourth-order valence-corrected chi connectivity index (χ4v) is 3.48. The van der Waals surface area contributed by atoms with E-state index >= 15 is 0 Å². The predicted molar refractivity (Wildman–Crippen MR) is 99.7 cm³/mol. The van der Waals surface area contributed by atoms with Crippen LogP contribution in [0.2, 0.25) is 0 Å². The van der Waals surface area contributed by atoms with Crippen molar-refractivity contribution in [1.82, 2.24) is 10.2 Å². The number of nitrogens with one attached hydrogen (secondary N) is 1. The molecule has 2 aromatic rings. The largest absolute Gasteiger partial charge is 0.459 e. The van der Waals surface area contributed by atoms with E-state index in [4.69, 9.17) is 4.42 Å². The van der Waals surface area contributed by atoms with Crippen molar-refractivity contribution in [2.45, 2.75) is 26.2 Å². The van der Waals surface area contributed by atoms with E-state index in [0.717, 1.165) is 12.0 Å². The maximum atomic E-state index is 13.7. The lowest BCUT2D eigenvalue weighted by molar-refractivity contribution is -0.124. The number of hydrogen-bond acceptors (Lipinski definition) is 3. The lowest BCUT2D eigenvalue weighted by Gasteiger charge is -2.18. The number of benzene rings is 1. The summed E-state index contributed by atoms with van der Waals surface area (Å²) in [6.07, 6.45) is 2.33. The van der Waals surface area contributed by atoms with Gasteiger partial charge in [0.2, 0.25) is 5.91 Å². The van der Waals surface area contributed by atoms with Crippen LogP contribution in [0.25, 0.3) is 0 Å². The molecule has 1 aromatic heterocycles. The van der Waals surface area contributed by atoms with Crippen LogP contribution in [0.15, 0.2) is 47.1 Å². The van der Waals surface area contributed by atoms with E-state index in [2.05, 4.69) is 19.2 Å². The van der Waals surface area contributed by atoms with E-state index in [1.165, 1.54) is 18.4 Å². The Kier molecular flexibility index (Phi) is 5.94. The van der Waals surface area contributed by atoms with Crippen molar-refractivity contribution < 1.29 is 18.4 Å². The van der Waals surface area contributed by atoms with Crippen molar-refractivity contribution in [3.8, 4) is 0 Å². The number of nitrogens with zero attached hydrogens (tertiary/aromatic N) is 1. The van der Waals surface area contributed by atoms with Gasteiger partial charge in [-0.15, -0.1) is 0 Å². The quantitative estimate of drug-likeness (QED) is 0.845. The Labute approximate surface area is 158 Å². The molecule has 2 unspecified atom stereocenters. The second-order valence-corrected chi connectivity index (χ2v) is 7.43. The van der Waals surface area contributed by atoms with Gasteiger partial charge in [0, 0.05) is 25.6 Å². The van der Waals surface area contributed by atoms with Gasteiger partial charge in [0.25, 0.3) is 5.91 Å². The Morgan fingerprint density at radius 2 is 2.07 bits per heavy atom. The Morgan fingerprint density at radius 3 is 2.74 bits per heavy atom. The van der Waals surface area contributed by atoms with Crippen LogP contribution < -0.4 is 5.32 Å². The van der Waals surface area contributed by atoms with Crippen molar-refractivity contribution in [2.24, 2.45) is 11.8 Å². The molecule has 6 heteroatoms. The number of carbonyl (C=O) groups is 2. The number of rotatable bonds is 6. The Morgan fingerprint density at radius 1 is 1.26 bits per heavy atom. The molecule has 2 heterocycles. The van der Waals surface area contributed by atoms with Crippen LogP contribution in [-0.4, -0.2) is 36.3 Å². The molecule has 0 spiro atoms. The van der Waals surface area contributed by atoms with Gasteiger partial charge in [-0.25, -0.2) is 4.39 Å². The van der Waals surface area contributed by atoms with Gasteiger partial charge in [0.15, 0.2) is 5.76 Å². The van der Waals surface area contributed by atoms with Crippen LogP contribution in [0.5, 0.6) is 0 Å². The molecule has 1 N–H and O–H groups in total. The van der Waals surface area contributed by atoms with Crippen LogP contribution in [-0.2, 0) is 4.79 Å². The number of carbonyl (C=O) groups excluding carboxylic acids is 2. The predicted octanol–water partition coefficient (Wildman–Crippen LogP) is 3.44. The van der Waals surface area contributed by atoms with Crippen LogP contribution in [0, 0.1) is 17.7 Å². The smallest absolute Gasteiger partial charge is 0.289 e. The molecule has 144 valence electrons. The summed E-state index contributed by atoms with van der Waals surface area (Å²) >= 11 is 0. The second kappa shape index (κ2) is 8.37. The molecule has 0 saturated carbocycles. The molecule has 2 amide bonds. The van der Waals surface area contributed by atoms with Crippen molar-refractivity contribution >= 4 is 11.8 Å². The van der Waals surface area contributed by atoms with E-state index in [1.807, 2.05) is 6.07 Å². The summed E-state index contributed by atoms with van der Waals surface area (Å²) in [6.45, 7) is 5.43. The first-order chi connectivity index (χ1) is 13.0. The summed E-state index contributed by atoms with van der Waals surface area (Å²) in [5, 5.41) is 2.97. The summed E-state index contributed by atoms with van der Waals surface area (Å²) in [5.41, 5.74) is 0.730. The lowest BCUT2D eigenvalue weighted by Crippen LogP contribution is -2.36. The number of hydrogen-bond donors (Lipinski definition) is 1. The number of amides is 2. The molecule has 27 heavy (non-hydrogen) atoms. The first-order valence-electron chi connectivity index (χ1n) is 9.31. The van der Waals surface area contributed by atoms with E-state index in [9.17, 15) is 14.0 Å². The molecule has 0 radical (unpaired) electrons. The second-order valence-electron chi connectivity index (χ2n) is 7.43. The van der Waals surface area contributed by atoms with Crippen molar-refractivity contribution in [2.75, 3.05) is 19.6 Å². The zero-order valence-corrected chi connectivity index (χ0v) is 15.7. The fourth-order valence-electron chi connectivity index (χ4n) is 3.48. The van der Waals surface area contributed by atoms with Crippen molar-refractivity contribution in [3.63, 3.8) is 0 Å². The minimum Gasteiger partial charge on any atom is -0.459 e. The Bertz CT molecular complexity index is 788. The highest BCUT2D eigenvalue weighted by Gasteiger charge is 2.41. The standard InChI is InChI=1S/C21H25FN2O3/c1-14(2)8-9-23-20(25)18-13-24(21(26)19-7-4-10-27-19)12-17(18)15-5-3-6-16(22)11-15/h3-7,10-11,14,17-18H,8-9,12-13H2,1-2H3,(H,23,25). The number of halogens is 1. The molecule has 2 atom stereocenters. The molecular weight excluding hydrogens is 347 g/mol. The highest BCUT2D eigenvalue weighted by molar-refractivity contribution is 5.92. The van der Waals surface area contributed by atoms with Gasteiger partial charge >= 0.3 is 0 Å². The highest BCUT2D eigenvalue weighted by Crippen LogP contribution is 2.34. The molecule has 0 aliphatic carbocycles. The van der Waals surface area contributed by atoms with Crippen molar-refractivity contribution in [1.29, 1.82) is 0 Å². The normalized spacial score (nSPS) is 19.5. The van der Waals surface area contributed by atoms with E-state index in [1.54, 1.807) is 23.1 Å². The molecule has 3 rings (SSSR count). The van der Waals surface area contributed by atoms with Gasteiger partial charge in [-0.1, -0.05) is 26.0 Å². The van der Waals surface area contributed by atoms with E-state index < -0.39 is 5.92 Å². The minimum absolute atomic E-state index is 0.0975.